The number of rotatable bonds is 12. The van der Waals surface area contributed by atoms with E-state index in [9.17, 15) is 0 Å². The van der Waals surface area contributed by atoms with Crippen LogP contribution in [0.5, 0.6) is 0 Å². The fourth-order valence-electron chi connectivity index (χ4n) is 3.73. The Balaban J connectivity index is 1.69. The van der Waals surface area contributed by atoms with Gasteiger partial charge in [0, 0.05) is 69.1 Å². The molecule has 0 aliphatic rings. The summed E-state index contributed by atoms with van der Waals surface area (Å²) in [7, 11) is 0.601. The first-order valence-corrected chi connectivity index (χ1v) is 17.5. The maximum absolute atomic E-state index is 8.81. The zero-order chi connectivity index (χ0) is 28.0. The highest BCUT2D eigenvalue weighted by atomic mass is 32.1. The van der Waals surface area contributed by atoms with Crippen molar-refractivity contribution in [3.63, 3.8) is 0 Å². The Bertz CT molecular complexity index is 1450. The van der Waals surface area contributed by atoms with Crippen LogP contribution in [0, 0.1) is 5.41 Å². The number of ether oxygens (including phenoxy) is 1. The van der Waals surface area contributed by atoms with E-state index in [1.54, 1.807) is 29.9 Å². The molecule has 0 spiro atoms. The molecule has 0 radical (unpaired) electrons. The van der Waals surface area contributed by atoms with E-state index in [-0.39, 0.29) is 5.92 Å². The third kappa shape index (κ3) is 7.31. The molecule has 204 valence electrons. The molecule has 0 aliphatic carbocycles. The molecular formula is C28H36N8OSSi. The van der Waals surface area contributed by atoms with E-state index >= 15 is 0 Å². The third-order valence-electron chi connectivity index (χ3n) is 6.01. The minimum atomic E-state index is -1.22. The highest BCUT2D eigenvalue weighted by molar-refractivity contribution is 7.15. The molecule has 2 N–H and O–H groups in total. The van der Waals surface area contributed by atoms with Gasteiger partial charge in [-0.3, -0.25) is 20.3 Å². The minimum absolute atomic E-state index is 0.287. The van der Waals surface area contributed by atoms with Crippen molar-refractivity contribution in [3.8, 4) is 0 Å². The van der Waals surface area contributed by atoms with Crippen molar-refractivity contribution in [2.24, 2.45) is 0 Å². The van der Waals surface area contributed by atoms with Crippen LogP contribution in [-0.4, -0.2) is 59.3 Å². The lowest BCUT2D eigenvalue weighted by Crippen LogP contribution is -2.26. The molecule has 0 saturated carbocycles. The number of anilines is 2. The van der Waals surface area contributed by atoms with Crippen LogP contribution in [0.2, 0.25) is 25.7 Å². The molecule has 4 aromatic heterocycles. The van der Waals surface area contributed by atoms with Crippen molar-refractivity contribution < 1.29 is 4.74 Å². The van der Waals surface area contributed by atoms with E-state index in [0.29, 0.717) is 30.4 Å². The summed E-state index contributed by atoms with van der Waals surface area (Å²) in [4.78, 5) is 15.7. The smallest absolute Gasteiger partial charge is 0.215 e. The molecule has 4 rings (SSSR count). The average molecular weight is 561 g/mol. The number of hydrogen-bond acceptors (Lipinski definition) is 10. The second-order valence-corrected chi connectivity index (χ2v) is 17.4. The first-order valence-electron chi connectivity index (χ1n) is 13.0. The topological polar surface area (TPSA) is 113 Å². The number of allylic oxidation sites excluding steroid dienone is 1. The van der Waals surface area contributed by atoms with Gasteiger partial charge in [0.2, 0.25) is 5.13 Å². The summed E-state index contributed by atoms with van der Waals surface area (Å²) in [6.45, 7) is 12.3. The Hall–Kier alpha value is -3.54. The van der Waals surface area contributed by atoms with E-state index in [2.05, 4.69) is 59.0 Å². The van der Waals surface area contributed by atoms with Crippen LogP contribution < -0.4 is 10.2 Å². The maximum atomic E-state index is 8.81. The molecule has 0 bridgehead atoms. The SMILES string of the molecule is CN/C=C(\C(=N)c1ccncc1)c1cnc2ccc(N(COCC[Si](C)(C)C)c3nnc(C(C)C)s3)nc2c1. The first kappa shape index (κ1) is 28.5. The van der Waals surface area contributed by atoms with Crippen LogP contribution in [0.15, 0.2) is 55.1 Å². The minimum Gasteiger partial charge on any atom is -0.393 e. The number of pyridine rings is 3. The molecule has 39 heavy (non-hydrogen) atoms. The number of aromatic nitrogens is 5. The fraction of sp³-hybridized carbons (Fsp3) is 0.357. The summed E-state index contributed by atoms with van der Waals surface area (Å²) >= 11 is 1.56. The van der Waals surface area contributed by atoms with Gasteiger partial charge >= 0.3 is 0 Å². The molecule has 4 heterocycles. The van der Waals surface area contributed by atoms with Gasteiger partial charge in [-0.25, -0.2) is 4.98 Å². The molecule has 0 aliphatic heterocycles. The lowest BCUT2D eigenvalue weighted by Gasteiger charge is -2.22. The van der Waals surface area contributed by atoms with E-state index in [0.717, 1.165) is 38.3 Å². The Morgan fingerprint density at radius 1 is 1.10 bits per heavy atom. The Labute approximate surface area is 234 Å². The van der Waals surface area contributed by atoms with Crippen LogP contribution >= 0.6 is 11.3 Å². The molecule has 0 atom stereocenters. The zero-order valence-corrected chi connectivity index (χ0v) is 25.2. The molecule has 4 aromatic rings. The Kier molecular flexibility index (Phi) is 9.15. The zero-order valence-electron chi connectivity index (χ0n) is 23.4. The van der Waals surface area contributed by atoms with Crippen LogP contribution in [0.4, 0.5) is 10.9 Å². The largest absolute Gasteiger partial charge is 0.393 e. The van der Waals surface area contributed by atoms with Gasteiger partial charge in [0.05, 0.1) is 16.7 Å². The summed E-state index contributed by atoms with van der Waals surface area (Å²) in [6.07, 6.45) is 6.96. The van der Waals surface area contributed by atoms with E-state index in [4.69, 9.17) is 15.1 Å². The number of nitrogens with one attached hydrogen (secondary N) is 2. The molecule has 0 saturated heterocycles. The van der Waals surface area contributed by atoms with Crippen molar-refractivity contribution in [2.75, 3.05) is 25.3 Å². The van der Waals surface area contributed by atoms with Crippen molar-refractivity contribution in [2.45, 2.75) is 45.5 Å². The molecular weight excluding hydrogens is 525 g/mol. The maximum Gasteiger partial charge on any atom is 0.215 e. The van der Waals surface area contributed by atoms with E-state index in [1.807, 2.05) is 48.5 Å². The second kappa shape index (κ2) is 12.5. The van der Waals surface area contributed by atoms with Crippen LogP contribution in [0.3, 0.4) is 0 Å². The lowest BCUT2D eigenvalue weighted by molar-refractivity contribution is 0.153. The van der Waals surface area contributed by atoms with Gasteiger partial charge in [-0.1, -0.05) is 44.8 Å². The molecule has 0 amide bonds. The van der Waals surface area contributed by atoms with Crippen molar-refractivity contribution in [1.82, 2.24) is 30.5 Å². The molecule has 0 fully saturated rings. The Morgan fingerprint density at radius 3 is 2.54 bits per heavy atom. The summed E-state index contributed by atoms with van der Waals surface area (Å²) < 4.78 is 6.13. The van der Waals surface area contributed by atoms with Gasteiger partial charge < -0.3 is 10.1 Å². The van der Waals surface area contributed by atoms with Gasteiger partial charge in [-0.2, -0.15) is 0 Å². The van der Waals surface area contributed by atoms with Gasteiger partial charge in [-0.05, 0) is 36.4 Å². The fourth-order valence-corrected chi connectivity index (χ4v) is 5.33. The standard InChI is InChI=1S/C28H36N8OSSi/c1-19(2)27-34-35-28(38-27)36(18-37-13-14-39(4,5)6)25-8-7-23-24(33-25)15-21(16-32-23)22(17-30-3)26(29)20-9-11-31-12-10-20/h7-12,15-17,19,29-30H,13-14,18H2,1-6H3/b22-17-,29-26?. The molecule has 11 heteroatoms. The van der Waals surface area contributed by atoms with Crippen molar-refractivity contribution >= 4 is 52.7 Å². The summed E-state index contributed by atoms with van der Waals surface area (Å²) in [5.41, 5.74) is 4.13. The predicted octanol–water partition coefficient (Wildman–Crippen LogP) is 6.08. The highest BCUT2D eigenvalue weighted by Gasteiger charge is 2.20. The average Bonchev–Trinajstić information content (AvgIpc) is 3.41. The summed E-state index contributed by atoms with van der Waals surface area (Å²) in [6, 6.07) is 10.6. The second-order valence-electron chi connectivity index (χ2n) is 10.7. The predicted molar refractivity (Wildman–Crippen MR) is 163 cm³/mol. The van der Waals surface area contributed by atoms with Gasteiger partial charge in [0.1, 0.15) is 17.6 Å². The normalized spacial score (nSPS) is 12.2. The quantitative estimate of drug-likeness (QED) is 0.0928. The number of nitrogens with zero attached hydrogens (tertiary/aromatic N) is 6. The monoisotopic (exact) mass is 560 g/mol. The summed E-state index contributed by atoms with van der Waals surface area (Å²) in [5, 5.41) is 22.5. The van der Waals surface area contributed by atoms with E-state index < -0.39 is 8.07 Å². The van der Waals surface area contributed by atoms with Gasteiger partial charge in [0.15, 0.2) is 0 Å². The highest BCUT2D eigenvalue weighted by Crippen LogP contribution is 2.31. The van der Waals surface area contributed by atoms with Crippen molar-refractivity contribution in [3.05, 3.63) is 71.3 Å². The lowest BCUT2D eigenvalue weighted by atomic mass is 9.98. The summed E-state index contributed by atoms with van der Waals surface area (Å²) in [5.74, 6) is 1.000. The molecule has 0 aromatic carbocycles. The molecule has 9 nitrogen and oxygen atoms in total. The van der Waals surface area contributed by atoms with Crippen molar-refractivity contribution in [1.29, 1.82) is 5.41 Å². The van der Waals surface area contributed by atoms with Gasteiger partial charge in [0.25, 0.3) is 0 Å². The van der Waals surface area contributed by atoms with E-state index in [1.165, 1.54) is 0 Å². The van der Waals surface area contributed by atoms with Crippen LogP contribution in [-0.2, 0) is 4.74 Å². The third-order valence-corrected chi connectivity index (χ3v) is 8.96. The number of hydrogen-bond donors (Lipinski definition) is 2. The number of fused-ring (bicyclic) bond motifs is 1. The van der Waals surface area contributed by atoms with Crippen LogP contribution in [0.1, 0.15) is 35.9 Å². The van der Waals surface area contributed by atoms with Gasteiger partial charge in [-0.15, -0.1) is 10.2 Å². The van der Waals surface area contributed by atoms with Crippen LogP contribution in [0.25, 0.3) is 16.6 Å². The Morgan fingerprint density at radius 2 is 1.87 bits per heavy atom. The first-order chi connectivity index (χ1) is 18.7. The molecule has 0 unspecified atom stereocenters.